The summed E-state index contributed by atoms with van der Waals surface area (Å²) in [7, 11) is 1.49. The van der Waals surface area contributed by atoms with Gasteiger partial charge in [-0.05, 0) is 11.6 Å². The Balaban J connectivity index is 2.48. The van der Waals surface area contributed by atoms with E-state index in [1.165, 1.54) is 24.2 Å². The van der Waals surface area contributed by atoms with Crippen molar-refractivity contribution in [3.63, 3.8) is 0 Å². The molecule has 0 spiro atoms. The lowest BCUT2D eigenvalue weighted by molar-refractivity contribution is 0.414. The Bertz CT molecular complexity index is 487. The van der Waals surface area contributed by atoms with E-state index in [0.717, 1.165) is 6.20 Å². The molecular formula is C8H6ClFN4O. The first-order valence-corrected chi connectivity index (χ1v) is 4.35. The van der Waals surface area contributed by atoms with E-state index in [-0.39, 0.29) is 11.1 Å². The van der Waals surface area contributed by atoms with Crippen LogP contribution in [0.5, 0.6) is 5.75 Å². The molecule has 0 N–H and O–H groups in total. The third kappa shape index (κ3) is 1.89. The van der Waals surface area contributed by atoms with Crippen molar-refractivity contribution in [2.75, 3.05) is 7.11 Å². The normalized spacial score (nSPS) is 10.3. The summed E-state index contributed by atoms with van der Waals surface area (Å²) in [6.45, 7) is 0. The number of hydrogen-bond donors (Lipinski definition) is 0. The SMILES string of the molecule is COc1cnn(-c2nc(Cl)ncc2F)c1. The molecular weight excluding hydrogens is 223 g/mol. The maximum absolute atomic E-state index is 13.3. The van der Waals surface area contributed by atoms with Crippen molar-refractivity contribution in [1.82, 2.24) is 19.7 Å². The lowest BCUT2D eigenvalue weighted by atomic mass is 10.5. The van der Waals surface area contributed by atoms with E-state index in [0.29, 0.717) is 5.75 Å². The largest absolute Gasteiger partial charge is 0.493 e. The summed E-state index contributed by atoms with van der Waals surface area (Å²) in [5.41, 5.74) is 0. The minimum absolute atomic E-state index is 0.0155. The third-order valence-corrected chi connectivity index (χ3v) is 1.89. The second kappa shape index (κ2) is 3.82. The molecule has 78 valence electrons. The van der Waals surface area contributed by atoms with Crippen LogP contribution in [-0.4, -0.2) is 26.9 Å². The van der Waals surface area contributed by atoms with Gasteiger partial charge in [-0.1, -0.05) is 0 Å². The van der Waals surface area contributed by atoms with Gasteiger partial charge in [-0.15, -0.1) is 0 Å². The van der Waals surface area contributed by atoms with Crippen LogP contribution >= 0.6 is 11.6 Å². The summed E-state index contributed by atoms with van der Waals surface area (Å²) in [6, 6.07) is 0. The summed E-state index contributed by atoms with van der Waals surface area (Å²) in [5, 5.41) is 3.82. The summed E-state index contributed by atoms with van der Waals surface area (Å²) in [4.78, 5) is 7.21. The second-order valence-corrected chi connectivity index (χ2v) is 2.97. The van der Waals surface area contributed by atoms with E-state index in [9.17, 15) is 4.39 Å². The van der Waals surface area contributed by atoms with Crippen LogP contribution in [-0.2, 0) is 0 Å². The van der Waals surface area contributed by atoms with Crippen molar-refractivity contribution in [2.24, 2.45) is 0 Å². The van der Waals surface area contributed by atoms with Gasteiger partial charge in [0.2, 0.25) is 5.28 Å². The highest BCUT2D eigenvalue weighted by Crippen LogP contribution is 2.14. The highest BCUT2D eigenvalue weighted by Gasteiger charge is 2.09. The maximum atomic E-state index is 13.3. The number of ether oxygens (including phenoxy) is 1. The summed E-state index contributed by atoms with van der Waals surface area (Å²) in [5.74, 6) is -0.118. The monoisotopic (exact) mass is 228 g/mol. The molecule has 0 aliphatic carbocycles. The van der Waals surface area contributed by atoms with Gasteiger partial charge >= 0.3 is 0 Å². The van der Waals surface area contributed by atoms with Crippen LogP contribution in [0.25, 0.3) is 5.82 Å². The molecule has 0 bridgehead atoms. The van der Waals surface area contributed by atoms with E-state index in [4.69, 9.17) is 16.3 Å². The van der Waals surface area contributed by atoms with Gasteiger partial charge in [0, 0.05) is 0 Å². The van der Waals surface area contributed by atoms with Crippen molar-refractivity contribution in [3.05, 3.63) is 29.7 Å². The quantitative estimate of drug-likeness (QED) is 0.731. The van der Waals surface area contributed by atoms with Crippen LogP contribution in [0.3, 0.4) is 0 Å². The molecule has 0 radical (unpaired) electrons. The van der Waals surface area contributed by atoms with Crippen LogP contribution in [0, 0.1) is 5.82 Å². The first kappa shape index (κ1) is 9.85. The van der Waals surface area contributed by atoms with E-state index >= 15 is 0 Å². The average molecular weight is 229 g/mol. The summed E-state index contributed by atoms with van der Waals surface area (Å²) in [6.07, 6.45) is 3.91. The Kier molecular flexibility index (Phi) is 2.51. The minimum atomic E-state index is -0.606. The molecule has 0 atom stereocenters. The number of rotatable bonds is 2. The van der Waals surface area contributed by atoms with Gasteiger partial charge < -0.3 is 4.74 Å². The fraction of sp³-hybridized carbons (Fsp3) is 0.125. The first-order chi connectivity index (χ1) is 7.20. The number of halogens is 2. The fourth-order valence-electron chi connectivity index (χ4n) is 1.03. The number of methoxy groups -OCH3 is 1. The Morgan fingerprint density at radius 1 is 1.47 bits per heavy atom. The molecule has 0 fully saturated rings. The minimum Gasteiger partial charge on any atom is -0.493 e. The van der Waals surface area contributed by atoms with Crippen LogP contribution in [0.2, 0.25) is 5.28 Å². The smallest absolute Gasteiger partial charge is 0.224 e. The summed E-state index contributed by atoms with van der Waals surface area (Å²) < 4.78 is 19.4. The standard InChI is InChI=1S/C8H6ClFN4O/c1-15-5-2-12-14(4-5)7-6(10)3-11-8(9)13-7/h2-4H,1H3. The van der Waals surface area contributed by atoms with Crippen LogP contribution in [0.4, 0.5) is 4.39 Å². The van der Waals surface area contributed by atoms with E-state index in [1.807, 2.05) is 0 Å². The molecule has 7 heteroatoms. The zero-order valence-electron chi connectivity index (χ0n) is 7.69. The predicted molar refractivity (Wildman–Crippen MR) is 50.7 cm³/mol. The van der Waals surface area contributed by atoms with Crippen molar-refractivity contribution in [3.8, 4) is 11.6 Å². The van der Waals surface area contributed by atoms with Crippen molar-refractivity contribution < 1.29 is 9.13 Å². The Morgan fingerprint density at radius 2 is 2.27 bits per heavy atom. The zero-order valence-corrected chi connectivity index (χ0v) is 8.44. The average Bonchev–Trinajstić information content (AvgIpc) is 2.70. The van der Waals surface area contributed by atoms with Crippen molar-refractivity contribution >= 4 is 11.6 Å². The molecule has 2 heterocycles. The molecule has 0 aliphatic heterocycles. The van der Waals surface area contributed by atoms with Gasteiger partial charge in [0.05, 0.1) is 25.7 Å². The molecule has 0 aromatic carbocycles. The molecule has 0 saturated heterocycles. The Morgan fingerprint density at radius 3 is 2.93 bits per heavy atom. The zero-order chi connectivity index (χ0) is 10.8. The van der Waals surface area contributed by atoms with Gasteiger partial charge in [0.15, 0.2) is 17.4 Å². The van der Waals surface area contributed by atoms with Crippen LogP contribution < -0.4 is 4.74 Å². The third-order valence-electron chi connectivity index (χ3n) is 1.71. The highest BCUT2D eigenvalue weighted by molar-refractivity contribution is 6.28. The molecule has 0 aliphatic rings. The molecule has 2 aromatic rings. The first-order valence-electron chi connectivity index (χ1n) is 3.98. The molecule has 0 amide bonds. The number of aromatic nitrogens is 4. The van der Waals surface area contributed by atoms with Crippen LogP contribution in [0.1, 0.15) is 0 Å². The topological polar surface area (TPSA) is 52.8 Å². The Hall–Kier alpha value is -1.69. The molecule has 2 rings (SSSR count). The molecule has 2 aromatic heterocycles. The van der Waals surface area contributed by atoms with Crippen molar-refractivity contribution in [1.29, 1.82) is 0 Å². The molecule has 0 saturated carbocycles. The van der Waals surface area contributed by atoms with Gasteiger partial charge in [-0.3, -0.25) is 0 Å². The van der Waals surface area contributed by atoms with E-state index in [2.05, 4.69) is 15.1 Å². The summed E-state index contributed by atoms with van der Waals surface area (Å²) >= 11 is 5.55. The van der Waals surface area contributed by atoms with Crippen molar-refractivity contribution in [2.45, 2.75) is 0 Å². The Labute approximate surface area is 89.5 Å². The second-order valence-electron chi connectivity index (χ2n) is 2.64. The predicted octanol–water partition coefficient (Wildman–Crippen LogP) is 1.46. The lowest BCUT2D eigenvalue weighted by Crippen LogP contribution is -2.02. The highest BCUT2D eigenvalue weighted by atomic mass is 35.5. The van der Waals surface area contributed by atoms with Crippen LogP contribution in [0.15, 0.2) is 18.6 Å². The molecule has 5 nitrogen and oxygen atoms in total. The van der Waals surface area contributed by atoms with Gasteiger partial charge in [0.1, 0.15) is 0 Å². The van der Waals surface area contributed by atoms with Gasteiger partial charge in [-0.2, -0.15) is 10.1 Å². The molecule has 0 unspecified atom stereocenters. The van der Waals surface area contributed by atoms with E-state index in [1.54, 1.807) is 0 Å². The number of nitrogens with zero attached hydrogens (tertiary/aromatic N) is 4. The molecule has 15 heavy (non-hydrogen) atoms. The van der Waals surface area contributed by atoms with Gasteiger partial charge in [-0.25, -0.2) is 14.1 Å². The van der Waals surface area contributed by atoms with E-state index < -0.39 is 5.82 Å². The maximum Gasteiger partial charge on any atom is 0.224 e. The number of hydrogen-bond acceptors (Lipinski definition) is 4. The van der Waals surface area contributed by atoms with Gasteiger partial charge in [0.25, 0.3) is 0 Å². The lowest BCUT2D eigenvalue weighted by Gasteiger charge is -2.00. The fourth-order valence-corrected chi connectivity index (χ4v) is 1.15.